The lowest BCUT2D eigenvalue weighted by molar-refractivity contribution is -0.183. The number of ether oxygens (including phenoxy) is 1. The third kappa shape index (κ3) is 4.20. The lowest BCUT2D eigenvalue weighted by Crippen LogP contribution is -2.73. The molecule has 0 spiro atoms. The van der Waals surface area contributed by atoms with Gasteiger partial charge in [-0.1, -0.05) is 44.9 Å². The number of hydrogen-bond donors (Lipinski definition) is 2. The Morgan fingerprint density at radius 3 is 2.31 bits per heavy atom. The molecule has 1 aromatic rings. The monoisotopic (exact) mass is 578 g/mol. The van der Waals surface area contributed by atoms with Crippen LogP contribution in [0.2, 0.25) is 0 Å². The SMILES string of the molecule is CC(=O)C1C(=O)[C@@]2(O)C(=O)C3C(=O)c4c(O)ccc(CCC(=O)C5CCOCC5)c4C[C@@]3(C)C[C@@]2(C)C(C(C)C)=C1C. The van der Waals surface area contributed by atoms with Gasteiger partial charge >= 0.3 is 0 Å². The fraction of sp³-hybridized carbons (Fsp3) is 0.618. The minimum absolute atomic E-state index is 0.0243. The largest absolute Gasteiger partial charge is 0.507 e. The number of rotatable bonds is 6. The van der Waals surface area contributed by atoms with E-state index < -0.39 is 51.4 Å². The van der Waals surface area contributed by atoms with Crippen LogP contribution in [0.15, 0.2) is 23.3 Å². The first-order valence-electron chi connectivity index (χ1n) is 15.1. The summed E-state index contributed by atoms with van der Waals surface area (Å²) in [6.45, 7) is 11.6. The highest BCUT2D eigenvalue weighted by Gasteiger charge is 2.73. The number of aromatic hydroxyl groups is 1. The normalized spacial score (nSPS) is 33.4. The van der Waals surface area contributed by atoms with Crippen molar-refractivity contribution in [3.63, 3.8) is 0 Å². The molecular weight excluding hydrogens is 536 g/mol. The van der Waals surface area contributed by atoms with Gasteiger partial charge in [0, 0.05) is 31.0 Å². The molecule has 1 heterocycles. The van der Waals surface area contributed by atoms with E-state index in [1.54, 1.807) is 19.9 Å². The molecule has 1 saturated heterocycles. The number of carbonyl (C=O) groups excluding carboxylic acids is 5. The smallest absolute Gasteiger partial charge is 0.192 e. The molecule has 0 amide bonds. The molecule has 2 N–H and O–H groups in total. The van der Waals surface area contributed by atoms with E-state index in [0.29, 0.717) is 55.6 Å². The van der Waals surface area contributed by atoms with Crippen LogP contribution < -0.4 is 0 Å². The summed E-state index contributed by atoms with van der Waals surface area (Å²) in [6.07, 6.45) is 2.52. The number of phenolic OH excluding ortho intramolecular Hbond substituents is 1. The Kier molecular flexibility index (Phi) is 7.50. The molecule has 4 aliphatic rings. The van der Waals surface area contributed by atoms with Crippen LogP contribution in [0.3, 0.4) is 0 Å². The number of fused-ring (bicyclic) bond motifs is 3. The average molecular weight is 579 g/mol. The minimum atomic E-state index is -2.55. The molecule has 226 valence electrons. The Labute approximate surface area is 246 Å². The Hall–Kier alpha value is -2.97. The Bertz CT molecular complexity index is 1430. The summed E-state index contributed by atoms with van der Waals surface area (Å²) in [6, 6.07) is 3.16. The second kappa shape index (κ2) is 10.3. The first-order valence-corrected chi connectivity index (χ1v) is 15.1. The number of aryl methyl sites for hydroxylation is 1. The van der Waals surface area contributed by atoms with Crippen LogP contribution in [0.1, 0.15) is 88.7 Å². The molecule has 5 rings (SSSR count). The average Bonchev–Trinajstić information content (AvgIpc) is 2.90. The maximum absolute atomic E-state index is 14.4. The van der Waals surface area contributed by atoms with Crippen molar-refractivity contribution in [3.05, 3.63) is 40.0 Å². The number of phenols is 1. The molecule has 8 heteroatoms. The van der Waals surface area contributed by atoms with Crippen LogP contribution in [0.25, 0.3) is 0 Å². The number of benzene rings is 1. The highest BCUT2D eigenvalue weighted by Crippen LogP contribution is 2.64. The standard InChI is InChI=1S/C34H42O8/c1-17(2)27-18(3)25(19(4)35)30(39)34(41)31(40)28-29(38)26-22(15-32(28,5)16-33(27,34)6)20(8-10-24(26)37)7-9-23(36)21-11-13-42-14-12-21/h8,10,17,21,25,28,37,41H,7,9,11-16H2,1-6H3/t25?,28?,32-,33-,34+/m0/s1. The van der Waals surface area contributed by atoms with Gasteiger partial charge in [-0.2, -0.15) is 0 Å². The maximum atomic E-state index is 14.4. The van der Waals surface area contributed by atoms with Gasteiger partial charge in [0.1, 0.15) is 23.2 Å². The van der Waals surface area contributed by atoms with Crippen molar-refractivity contribution in [2.75, 3.05) is 13.2 Å². The number of hydrogen-bond acceptors (Lipinski definition) is 8. The Morgan fingerprint density at radius 2 is 1.71 bits per heavy atom. The van der Waals surface area contributed by atoms with Gasteiger partial charge in [0.05, 0.1) is 11.5 Å². The van der Waals surface area contributed by atoms with Crippen LogP contribution in [0.5, 0.6) is 5.75 Å². The number of Topliss-reactive ketones (excluding diaryl/α,β-unsaturated/α-hetero) is 5. The molecular formula is C34H42O8. The lowest BCUT2D eigenvalue weighted by Gasteiger charge is -2.60. The first-order chi connectivity index (χ1) is 19.6. The maximum Gasteiger partial charge on any atom is 0.192 e. The third-order valence-corrected chi connectivity index (χ3v) is 10.7. The molecule has 2 fully saturated rings. The summed E-state index contributed by atoms with van der Waals surface area (Å²) in [5, 5.41) is 23.1. The molecule has 0 bridgehead atoms. The number of aliphatic hydroxyl groups is 1. The van der Waals surface area contributed by atoms with Gasteiger partial charge in [-0.15, -0.1) is 0 Å². The molecule has 1 saturated carbocycles. The number of ketones is 5. The fourth-order valence-corrected chi connectivity index (χ4v) is 9.12. The molecule has 3 aliphatic carbocycles. The van der Waals surface area contributed by atoms with E-state index in [9.17, 15) is 34.2 Å². The van der Waals surface area contributed by atoms with E-state index in [0.717, 1.165) is 5.56 Å². The van der Waals surface area contributed by atoms with Crippen LogP contribution in [0.4, 0.5) is 0 Å². The van der Waals surface area contributed by atoms with Crippen LogP contribution in [-0.4, -0.2) is 57.9 Å². The number of allylic oxidation sites excluding steroid dienone is 1. The highest BCUT2D eigenvalue weighted by molar-refractivity contribution is 6.27. The van der Waals surface area contributed by atoms with Gasteiger partial charge < -0.3 is 14.9 Å². The molecule has 8 nitrogen and oxygen atoms in total. The summed E-state index contributed by atoms with van der Waals surface area (Å²) in [7, 11) is 0. The predicted molar refractivity (Wildman–Crippen MR) is 154 cm³/mol. The van der Waals surface area contributed by atoms with Crippen molar-refractivity contribution in [2.45, 2.75) is 85.7 Å². The topological polar surface area (TPSA) is 135 Å². The molecule has 1 aromatic carbocycles. The van der Waals surface area contributed by atoms with Crippen LogP contribution in [0, 0.1) is 34.5 Å². The molecule has 1 aliphatic heterocycles. The molecule has 2 unspecified atom stereocenters. The summed E-state index contributed by atoms with van der Waals surface area (Å²) < 4.78 is 5.38. The summed E-state index contributed by atoms with van der Waals surface area (Å²) in [4.78, 5) is 68.2. The van der Waals surface area contributed by atoms with Crippen molar-refractivity contribution in [2.24, 2.45) is 34.5 Å². The second-order valence-electron chi connectivity index (χ2n) is 13.8. The summed E-state index contributed by atoms with van der Waals surface area (Å²) in [5.74, 6) is -5.79. The summed E-state index contributed by atoms with van der Waals surface area (Å²) in [5.41, 5.74) is -2.16. The van der Waals surface area contributed by atoms with Gasteiger partial charge in [-0.3, -0.25) is 24.0 Å². The molecule has 0 aromatic heterocycles. The van der Waals surface area contributed by atoms with Crippen molar-refractivity contribution < 1.29 is 38.9 Å². The van der Waals surface area contributed by atoms with Gasteiger partial charge in [-0.25, -0.2) is 0 Å². The highest BCUT2D eigenvalue weighted by atomic mass is 16.5. The summed E-state index contributed by atoms with van der Waals surface area (Å²) >= 11 is 0. The van der Waals surface area contributed by atoms with E-state index >= 15 is 0 Å². The zero-order valence-electron chi connectivity index (χ0n) is 25.5. The second-order valence-corrected chi connectivity index (χ2v) is 13.8. The minimum Gasteiger partial charge on any atom is -0.507 e. The number of carbonyl (C=O) groups is 5. The van der Waals surface area contributed by atoms with Gasteiger partial charge in [0.2, 0.25) is 0 Å². The van der Waals surface area contributed by atoms with Crippen LogP contribution in [-0.2, 0) is 36.8 Å². The van der Waals surface area contributed by atoms with Crippen molar-refractivity contribution in [1.82, 2.24) is 0 Å². The van der Waals surface area contributed by atoms with Crippen molar-refractivity contribution >= 4 is 28.9 Å². The van der Waals surface area contributed by atoms with Gasteiger partial charge in [0.25, 0.3) is 0 Å². The van der Waals surface area contributed by atoms with E-state index in [1.165, 1.54) is 13.0 Å². The fourth-order valence-electron chi connectivity index (χ4n) is 9.12. The van der Waals surface area contributed by atoms with E-state index in [-0.39, 0.29) is 41.8 Å². The quantitative estimate of drug-likeness (QED) is 0.380. The van der Waals surface area contributed by atoms with E-state index in [1.807, 2.05) is 20.8 Å². The molecule has 5 atom stereocenters. The van der Waals surface area contributed by atoms with E-state index in [2.05, 4.69) is 0 Å². The van der Waals surface area contributed by atoms with Crippen molar-refractivity contribution in [1.29, 1.82) is 0 Å². The zero-order chi connectivity index (χ0) is 30.9. The third-order valence-electron chi connectivity index (χ3n) is 10.7. The predicted octanol–water partition coefficient (Wildman–Crippen LogP) is 4.15. The Balaban J connectivity index is 1.60. The first kappa shape index (κ1) is 30.5. The Morgan fingerprint density at radius 1 is 1.07 bits per heavy atom. The lowest BCUT2D eigenvalue weighted by atomic mass is 9.41. The molecule has 0 radical (unpaired) electrons. The van der Waals surface area contributed by atoms with E-state index in [4.69, 9.17) is 4.74 Å². The van der Waals surface area contributed by atoms with Crippen molar-refractivity contribution in [3.8, 4) is 5.75 Å². The zero-order valence-corrected chi connectivity index (χ0v) is 25.5. The molecule has 42 heavy (non-hydrogen) atoms. The van der Waals surface area contributed by atoms with Gasteiger partial charge in [-0.05, 0) is 74.5 Å². The van der Waals surface area contributed by atoms with Gasteiger partial charge in [0.15, 0.2) is 23.0 Å². The van der Waals surface area contributed by atoms with Crippen LogP contribution >= 0.6 is 0 Å².